The number of hydrogen-bond acceptors (Lipinski definition) is 3. The standard InChI is InChI=1S/C12H12FNO2/c13-11-3-1-2-9(8-14)12(11)16-10-4-6-15-7-5-10/h1-3,10H,4-7H2. The van der Waals surface area contributed by atoms with Gasteiger partial charge in [0.05, 0.1) is 18.8 Å². The van der Waals surface area contributed by atoms with E-state index in [9.17, 15) is 4.39 Å². The lowest BCUT2D eigenvalue weighted by molar-refractivity contribution is 0.0239. The molecule has 0 unspecified atom stereocenters. The summed E-state index contributed by atoms with van der Waals surface area (Å²) < 4.78 is 24.2. The number of para-hydroxylation sites is 1. The van der Waals surface area contributed by atoms with Gasteiger partial charge in [-0.15, -0.1) is 0 Å². The average Bonchev–Trinajstić information content (AvgIpc) is 2.33. The van der Waals surface area contributed by atoms with Gasteiger partial charge in [0.15, 0.2) is 11.6 Å². The molecule has 0 saturated carbocycles. The van der Waals surface area contributed by atoms with Gasteiger partial charge >= 0.3 is 0 Å². The van der Waals surface area contributed by atoms with Gasteiger partial charge in [0.2, 0.25) is 0 Å². The molecule has 0 N–H and O–H groups in total. The van der Waals surface area contributed by atoms with E-state index in [1.165, 1.54) is 12.1 Å². The summed E-state index contributed by atoms with van der Waals surface area (Å²) in [7, 11) is 0. The highest BCUT2D eigenvalue weighted by Crippen LogP contribution is 2.25. The Hall–Kier alpha value is -1.60. The Morgan fingerprint density at radius 3 is 2.81 bits per heavy atom. The fourth-order valence-corrected chi connectivity index (χ4v) is 1.68. The molecule has 0 amide bonds. The molecular weight excluding hydrogens is 209 g/mol. The summed E-state index contributed by atoms with van der Waals surface area (Å²) in [6.45, 7) is 1.25. The quantitative estimate of drug-likeness (QED) is 0.769. The monoisotopic (exact) mass is 221 g/mol. The van der Waals surface area contributed by atoms with E-state index in [0.29, 0.717) is 13.2 Å². The maximum Gasteiger partial charge on any atom is 0.173 e. The Balaban J connectivity index is 2.16. The van der Waals surface area contributed by atoms with Crippen molar-refractivity contribution < 1.29 is 13.9 Å². The molecule has 0 spiro atoms. The third-order valence-electron chi connectivity index (χ3n) is 2.54. The number of hydrogen-bond donors (Lipinski definition) is 0. The average molecular weight is 221 g/mol. The fourth-order valence-electron chi connectivity index (χ4n) is 1.68. The normalized spacial score (nSPS) is 16.8. The largest absolute Gasteiger partial charge is 0.486 e. The topological polar surface area (TPSA) is 42.2 Å². The van der Waals surface area contributed by atoms with Crippen LogP contribution in [0.1, 0.15) is 18.4 Å². The minimum atomic E-state index is -0.481. The summed E-state index contributed by atoms with van der Waals surface area (Å²) in [6.07, 6.45) is 1.41. The van der Waals surface area contributed by atoms with Crippen LogP contribution in [0.4, 0.5) is 4.39 Å². The minimum absolute atomic E-state index is 0.0576. The summed E-state index contributed by atoms with van der Waals surface area (Å²) >= 11 is 0. The van der Waals surface area contributed by atoms with Gasteiger partial charge in [-0.25, -0.2) is 4.39 Å². The highest BCUT2D eigenvalue weighted by Gasteiger charge is 2.19. The second-order valence-corrected chi connectivity index (χ2v) is 3.66. The predicted octanol–water partition coefficient (Wildman–Crippen LogP) is 2.26. The van der Waals surface area contributed by atoms with Crippen LogP contribution < -0.4 is 4.74 Å². The van der Waals surface area contributed by atoms with Crippen molar-refractivity contribution in [1.82, 2.24) is 0 Å². The third-order valence-corrected chi connectivity index (χ3v) is 2.54. The van der Waals surface area contributed by atoms with Crippen molar-refractivity contribution >= 4 is 0 Å². The number of ether oxygens (including phenoxy) is 2. The predicted molar refractivity (Wildman–Crippen MR) is 55.6 cm³/mol. The third kappa shape index (κ3) is 2.31. The molecule has 0 atom stereocenters. The van der Waals surface area contributed by atoms with Gasteiger partial charge in [0, 0.05) is 12.8 Å². The maximum atomic E-state index is 13.5. The van der Waals surface area contributed by atoms with Crippen molar-refractivity contribution in [3.05, 3.63) is 29.6 Å². The number of nitrogens with zero attached hydrogens (tertiary/aromatic N) is 1. The van der Waals surface area contributed by atoms with Crippen LogP contribution in [0.2, 0.25) is 0 Å². The van der Waals surface area contributed by atoms with Crippen molar-refractivity contribution in [2.45, 2.75) is 18.9 Å². The summed E-state index contributed by atoms with van der Waals surface area (Å²) in [5, 5.41) is 8.85. The van der Waals surface area contributed by atoms with E-state index in [-0.39, 0.29) is 17.4 Å². The first kappa shape index (κ1) is 10.9. The molecule has 1 aromatic carbocycles. The molecule has 0 bridgehead atoms. The van der Waals surface area contributed by atoms with E-state index < -0.39 is 5.82 Å². The van der Waals surface area contributed by atoms with Gasteiger partial charge in [-0.2, -0.15) is 5.26 Å². The van der Waals surface area contributed by atoms with E-state index in [1.807, 2.05) is 6.07 Å². The summed E-state index contributed by atoms with van der Waals surface area (Å²) in [4.78, 5) is 0. The molecule has 1 fully saturated rings. The Labute approximate surface area is 93.4 Å². The highest BCUT2D eigenvalue weighted by molar-refractivity contribution is 5.43. The molecular formula is C12H12FNO2. The van der Waals surface area contributed by atoms with Crippen LogP contribution in [0.15, 0.2) is 18.2 Å². The van der Waals surface area contributed by atoms with E-state index in [0.717, 1.165) is 12.8 Å². The number of halogens is 1. The molecule has 0 radical (unpaired) electrons. The van der Waals surface area contributed by atoms with Crippen molar-refractivity contribution in [2.75, 3.05) is 13.2 Å². The van der Waals surface area contributed by atoms with Crippen LogP contribution in [0.5, 0.6) is 5.75 Å². The van der Waals surface area contributed by atoms with Gasteiger partial charge in [0.25, 0.3) is 0 Å². The van der Waals surface area contributed by atoms with E-state index in [4.69, 9.17) is 14.7 Å². The number of nitriles is 1. The van der Waals surface area contributed by atoms with Gasteiger partial charge in [-0.1, -0.05) is 6.07 Å². The molecule has 1 aromatic rings. The lowest BCUT2D eigenvalue weighted by Crippen LogP contribution is -2.26. The van der Waals surface area contributed by atoms with Crippen molar-refractivity contribution in [2.24, 2.45) is 0 Å². The molecule has 1 heterocycles. The minimum Gasteiger partial charge on any atom is -0.486 e. The van der Waals surface area contributed by atoms with Crippen LogP contribution >= 0.6 is 0 Å². The lowest BCUT2D eigenvalue weighted by atomic mass is 10.1. The van der Waals surface area contributed by atoms with Crippen LogP contribution in [0, 0.1) is 17.1 Å². The molecule has 0 aromatic heterocycles. The second-order valence-electron chi connectivity index (χ2n) is 3.66. The fraction of sp³-hybridized carbons (Fsp3) is 0.417. The van der Waals surface area contributed by atoms with Crippen molar-refractivity contribution in [1.29, 1.82) is 5.26 Å². The molecule has 4 heteroatoms. The van der Waals surface area contributed by atoms with Gasteiger partial charge in [-0.05, 0) is 12.1 Å². The summed E-state index contributed by atoms with van der Waals surface area (Å²) in [5.41, 5.74) is 0.242. The number of benzene rings is 1. The van der Waals surface area contributed by atoms with E-state index >= 15 is 0 Å². The molecule has 16 heavy (non-hydrogen) atoms. The molecule has 1 aliphatic rings. The maximum absolute atomic E-state index is 13.5. The summed E-state index contributed by atoms with van der Waals surface area (Å²) in [5.74, 6) is -0.414. The van der Waals surface area contributed by atoms with Crippen LogP contribution in [-0.4, -0.2) is 19.3 Å². The Morgan fingerprint density at radius 1 is 1.38 bits per heavy atom. The Kier molecular flexibility index (Phi) is 3.37. The van der Waals surface area contributed by atoms with Gasteiger partial charge in [-0.3, -0.25) is 0 Å². The van der Waals surface area contributed by atoms with Crippen molar-refractivity contribution in [3.63, 3.8) is 0 Å². The Bertz CT molecular complexity index is 408. The first-order valence-electron chi connectivity index (χ1n) is 5.24. The first-order chi connectivity index (χ1) is 7.81. The van der Waals surface area contributed by atoms with Crippen LogP contribution in [-0.2, 0) is 4.74 Å². The molecule has 0 aliphatic carbocycles. The zero-order valence-corrected chi connectivity index (χ0v) is 8.78. The molecule has 1 aliphatic heterocycles. The molecule has 2 rings (SSSR count). The van der Waals surface area contributed by atoms with Crippen LogP contribution in [0.3, 0.4) is 0 Å². The highest BCUT2D eigenvalue weighted by atomic mass is 19.1. The van der Waals surface area contributed by atoms with Gasteiger partial charge in [0.1, 0.15) is 12.2 Å². The van der Waals surface area contributed by atoms with Gasteiger partial charge < -0.3 is 9.47 Å². The zero-order valence-electron chi connectivity index (χ0n) is 8.78. The molecule has 84 valence electrons. The summed E-state index contributed by atoms with van der Waals surface area (Å²) in [6, 6.07) is 6.29. The van der Waals surface area contributed by atoms with Crippen molar-refractivity contribution in [3.8, 4) is 11.8 Å². The number of rotatable bonds is 2. The SMILES string of the molecule is N#Cc1cccc(F)c1OC1CCOCC1. The molecule has 3 nitrogen and oxygen atoms in total. The van der Waals surface area contributed by atoms with Crippen LogP contribution in [0.25, 0.3) is 0 Å². The zero-order chi connectivity index (χ0) is 11.4. The molecule has 1 saturated heterocycles. The van der Waals surface area contributed by atoms with E-state index in [2.05, 4.69) is 0 Å². The lowest BCUT2D eigenvalue weighted by Gasteiger charge is -2.23. The first-order valence-corrected chi connectivity index (χ1v) is 5.24. The Morgan fingerprint density at radius 2 is 2.12 bits per heavy atom. The smallest absolute Gasteiger partial charge is 0.173 e. The van der Waals surface area contributed by atoms with E-state index in [1.54, 1.807) is 6.07 Å². The second kappa shape index (κ2) is 4.95.